The normalized spacial score (nSPS) is 19.3. The van der Waals surface area contributed by atoms with E-state index in [9.17, 15) is 23.3 Å². The number of nitrogens with two attached hydrogens (primary N) is 1. The van der Waals surface area contributed by atoms with Crippen LogP contribution in [0.1, 0.15) is 34.1 Å². The van der Waals surface area contributed by atoms with Crippen molar-refractivity contribution in [2.24, 2.45) is 11.1 Å². The first-order valence-corrected chi connectivity index (χ1v) is 10.6. The van der Waals surface area contributed by atoms with Crippen molar-refractivity contribution < 1.29 is 18.1 Å². The van der Waals surface area contributed by atoms with Crippen LogP contribution >= 0.6 is 12.4 Å². The zero-order valence-corrected chi connectivity index (χ0v) is 18.7. The van der Waals surface area contributed by atoms with Gasteiger partial charge in [0, 0.05) is 31.7 Å². The second-order valence-electron chi connectivity index (χ2n) is 8.35. The molecule has 1 aromatic rings. The molecule has 1 amide bonds. The van der Waals surface area contributed by atoms with E-state index in [0.717, 1.165) is 0 Å². The number of halogens is 1. The van der Waals surface area contributed by atoms with Gasteiger partial charge in [-0.3, -0.25) is 14.9 Å². The molecule has 1 fully saturated rings. The molecule has 0 bridgehead atoms. The van der Waals surface area contributed by atoms with Crippen LogP contribution in [0, 0.1) is 15.5 Å². The van der Waals surface area contributed by atoms with Crippen molar-refractivity contribution in [3.63, 3.8) is 0 Å². The Hall–Kier alpha value is -1.75. The Morgan fingerprint density at radius 1 is 1.31 bits per heavy atom. The summed E-state index contributed by atoms with van der Waals surface area (Å²) in [5, 5.41) is 11.2. The zero-order valence-electron chi connectivity index (χ0n) is 17.1. The van der Waals surface area contributed by atoms with Gasteiger partial charge in [0.2, 0.25) is 15.9 Å². The SMILES string of the molecule is C[C@H]1CN(C(=O)[C@@H](N)CC(C)(C)C)CCN1S(=O)(=O)c1ccccc1[N+](=O)[O-].Cl. The summed E-state index contributed by atoms with van der Waals surface area (Å²) in [6, 6.07) is 4.11. The Bertz CT molecular complexity index is 856. The largest absolute Gasteiger partial charge is 0.338 e. The second kappa shape index (κ2) is 9.38. The molecule has 0 radical (unpaired) electrons. The number of nitro groups is 1. The fraction of sp³-hybridized carbons (Fsp3) is 0.611. The summed E-state index contributed by atoms with van der Waals surface area (Å²) in [5.74, 6) is -0.204. The molecular weight excluding hydrogens is 420 g/mol. The summed E-state index contributed by atoms with van der Waals surface area (Å²) in [5.41, 5.74) is 5.49. The smallest absolute Gasteiger partial charge is 0.289 e. The van der Waals surface area contributed by atoms with Crippen LogP contribution in [0.15, 0.2) is 29.2 Å². The highest BCUT2D eigenvalue weighted by Gasteiger charge is 2.39. The maximum atomic E-state index is 13.0. The Morgan fingerprint density at radius 3 is 2.41 bits per heavy atom. The Labute approximate surface area is 177 Å². The van der Waals surface area contributed by atoms with Crippen LogP contribution < -0.4 is 5.73 Å². The molecule has 0 saturated carbocycles. The average Bonchev–Trinajstić information content (AvgIpc) is 2.59. The lowest BCUT2D eigenvalue weighted by Gasteiger charge is -2.40. The van der Waals surface area contributed by atoms with E-state index in [-0.39, 0.29) is 48.3 Å². The lowest BCUT2D eigenvalue weighted by molar-refractivity contribution is -0.387. The van der Waals surface area contributed by atoms with Crippen LogP contribution in [0.3, 0.4) is 0 Å². The number of para-hydroxylation sites is 1. The molecule has 2 N–H and O–H groups in total. The highest BCUT2D eigenvalue weighted by atomic mass is 35.5. The van der Waals surface area contributed by atoms with Gasteiger partial charge in [-0.05, 0) is 24.8 Å². The predicted molar refractivity (Wildman–Crippen MR) is 112 cm³/mol. The third kappa shape index (κ3) is 5.88. The molecular formula is C18H29ClN4O5S. The molecule has 0 aliphatic carbocycles. The summed E-state index contributed by atoms with van der Waals surface area (Å²) in [6.07, 6.45) is 0.523. The number of benzene rings is 1. The van der Waals surface area contributed by atoms with E-state index in [1.54, 1.807) is 11.8 Å². The van der Waals surface area contributed by atoms with Gasteiger partial charge >= 0.3 is 0 Å². The van der Waals surface area contributed by atoms with Crippen molar-refractivity contribution in [2.45, 2.75) is 51.1 Å². The number of sulfonamides is 1. The minimum absolute atomic E-state index is 0. The number of carbonyl (C=O) groups is 1. The van der Waals surface area contributed by atoms with Gasteiger partial charge in [0.15, 0.2) is 4.90 Å². The highest BCUT2D eigenvalue weighted by Crippen LogP contribution is 2.29. The van der Waals surface area contributed by atoms with Gasteiger partial charge in [0.1, 0.15) is 0 Å². The number of carbonyl (C=O) groups excluding carboxylic acids is 1. The van der Waals surface area contributed by atoms with Crippen molar-refractivity contribution in [1.82, 2.24) is 9.21 Å². The van der Waals surface area contributed by atoms with E-state index in [2.05, 4.69) is 0 Å². The van der Waals surface area contributed by atoms with Crippen LogP contribution in [-0.2, 0) is 14.8 Å². The summed E-state index contributed by atoms with van der Waals surface area (Å²) in [7, 11) is -4.06. The van der Waals surface area contributed by atoms with E-state index in [1.165, 1.54) is 28.6 Å². The number of piperazine rings is 1. The monoisotopic (exact) mass is 448 g/mol. The first-order valence-electron chi connectivity index (χ1n) is 9.14. The predicted octanol–water partition coefficient (Wildman–Crippen LogP) is 2.00. The third-order valence-electron chi connectivity index (χ3n) is 4.68. The van der Waals surface area contributed by atoms with Crippen molar-refractivity contribution in [1.29, 1.82) is 0 Å². The van der Waals surface area contributed by atoms with Crippen LogP contribution in [0.2, 0.25) is 0 Å². The summed E-state index contributed by atoms with van der Waals surface area (Å²) in [4.78, 5) is 24.4. The van der Waals surface area contributed by atoms with Gasteiger partial charge < -0.3 is 10.6 Å². The molecule has 1 saturated heterocycles. The Morgan fingerprint density at radius 2 is 1.90 bits per heavy atom. The highest BCUT2D eigenvalue weighted by molar-refractivity contribution is 7.89. The molecule has 1 aromatic carbocycles. The fourth-order valence-corrected chi connectivity index (χ4v) is 5.20. The summed E-state index contributed by atoms with van der Waals surface area (Å²) in [6.45, 7) is 8.13. The molecule has 164 valence electrons. The molecule has 0 unspecified atom stereocenters. The number of nitrogens with zero attached hydrogens (tertiary/aromatic N) is 3. The Balaban J connectivity index is 0.00000420. The molecule has 2 atom stereocenters. The fourth-order valence-electron chi connectivity index (χ4n) is 3.43. The second-order valence-corrected chi connectivity index (χ2v) is 10.2. The third-order valence-corrected chi connectivity index (χ3v) is 6.74. The lowest BCUT2D eigenvalue weighted by atomic mass is 9.88. The van der Waals surface area contributed by atoms with E-state index in [0.29, 0.717) is 6.42 Å². The standard InChI is InChI=1S/C18H28N4O5S.ClH/c1-13-12-20(17(23)14(19)11-18(2,3)4)9-10-21(13)28(26,27)16-8-6-5-7-15(16)22(24)25;/h5-8,13-14H,9-12,19H2,1-4H3;1H/t13-,14-;/m0./s1. The number of hydrogen-bond donors (Lipinski definition) is 1. The van der Waals surface area contributed by atoms with E-state index < -0.39 is 32.7 Å². The minimum Gasteiger partial charge on any atom is -0.338 e. The van der Waals surface area contributed by atoms with Gasteiger partial charge in [-0.2, -0.15) is 4.31 Å². The van der Waals surface area contributed by atoms with Gasteiger partial charge in [-0.15, -0.1) is 12.4 Å². The summed E-state index contributed by atoms with van der Waals surface area (Å²) < 4.78 is 27.2. The molecule has 1 aliphatic heterocycles. The van der Waals surface area contributed by atoms with Crippen molar-refractivity contribution in [2.75, 3.05) is 19.6 Å². The number of nitro benzene ring substituents is 1. The van der Waals surface area contributed by atoms with Crippen LogP contribution in [-0.4, -0.2) is 60.2 Å². The molecule has 2 rings (SSSR count). The topological polar surface area (TPSA) is 127 Å². The molecule has 0 spiro atoms. The number of rotatable bonds is 5. The molecule has 1 heterocycles. The van der Waals surface area contributed by atoms with Crippen molar-refractivity contribution in [3.8, 4) is 0 Å². The van der Waals surface area contributed by atoms with E-state index >= 15 is 0 Å². The van der Waals surface area contributed by atoms with Gasteiger partial charge in [0.05, 0.1) is 11.0 Å². The van der Waals surface area contributed by atoms with E-state index in [4.69, 9.17) is 5.73 Å². The minimum atomic E-state index is -4.06. The van der Waals surface area contributed by atoms with Gasteiger partial charge in [0.25, 0.3) is 5.69 Å². The Kier molecular flexibility index (Phi) is 8.18. The first-order chi connectivity index (χ1) is 12.8. The maximum absolute atomic E-state index is 13.0. The quantitative estimate of drug-likeness (QED) is 0.542. The lowest BCUT2D eigenvalue weighted by Crippen LogP contribution is -2.58. The number of amides is 1. The number of hydrogen-bond acceptors (Lipinski definition) is 6. The molecule has 29 heavy (non-hydrogen) atoms. The van der Waals surface area contributed by atoms with Crippen molar-refractivity contribution >= 4 is 34.0 Å². The van der Waals surface area contributed by atoms with Crippen LogP contribution in [0.4, 0.5) is 5.69 Å². The van der Waals surface area contributed by atoms with Crippen LogP contribution in [0.25, 0.3) is 0 Å². The van der Waals surface area contributed by atoms with Crippen molar-refractivity contribution in [3.05, 3.63) is 34.4 Å². The van der Waals surface area contributed by atoms with Gasteiger partial charge in [-0.1, -0.05) is 32.9 Å². The van der Waals surface area contributed by atoms with Gasteiger partial charge in [-0.25, -0.2) is 8.42 Å². The molecule has 1 aliphatic rings. The first kappa shape index (κ1) is 25.3. The molecule has 9 nitrogen and oxygen atoms in total. The summed E-state index contributed by atoms with van der Waals surface area (Å²) >= 11 is 0. The van der Waals surface area contributed by atoms with E-state index in [1.807, 2.05) is 20.8 Å². The zero-order chi connectivity index (χ0) is 21.3. The average molecular weight is 449 g/mol. The van der Waals surface area contributed by atoms with Crippen LogP contribution in [0.5, 0.6) is 0 Å². The molecule has 0 aromatic heterocycles. The maximum Gasteiger partial charge on any atom is 0.289 e. The molecule has 11 heteroatoms.